The number of carbonyl (C=O) groups is 2. The summed E-state index contributed by atoms with van der Waals surface area (Å²) in [6.07, 6.45) is 4.89. The molecule has 33 heavy (non-hydrogen) atoms. The first-order valence-corrected chi connectivity index (χ1v) is 11.9. The third-order valence-electron chi connectivity index (χ3n) is 6.69. The van der Waals surface area contributed by atoms with Crippen molar-refractivity contribution in [3.05, 3.63) is 36.4 Å². The lowest BCUT2D eigenvalue weighted by Crippen LogP contribution is -2.45. The molecule has 0 atom stereocenters. The number of carbonyl (C=O) groups excluding carboxylic acids is 2. The fraction of sp³-hybridized carbons (Fsp3) is 0.520. The van der Waals surface area contributed by atoms with Crippen molar-refractivity contribution >= 4 is 17.6 Å². The Hall–Kier alpha value is -3.16. The quantitative estimate of drug-likeness (QED) is 0.647. The fourth-order valence-corrected chi connectivity index (χ4v) is 4.41. The number of aromatic nitrogens is 2. The van der Waals surface area contributed by atoms with Crippen LogP contribution in [0.15, 0.2) is 36.4 Å². The first kappa shape index (κ1) is 21.7. The number of hydrogen-bond acceptors (Lipinski definition) is 6. The summed E-state index contributed by atoms with van der Waals surface area (Å²) in [5.74, 6) is 2.02. The predicted molar refractivity (Wildman–Crippen MR) is 125 cm³/mol. The van der Waals surface area contributed by atoms with E-state index in [2.05, 4.69) is 15.1 Å². The van der Waals surface area contributed by atoms with Gasteiger partial charge in [-0.05, 0) is 56.4 Å². The van der Waals surface area contributed by atoms with Crippen LogP contribution in [0.5, 0.6) is 5.75 Å². The van der Waals surface area contributed by atoms with Crippen LogP contribution in [0, 0.1) is 5.92 Å². The second-order valence-corrected chi connectivity index (χ2v) is 9.20. The van der Waals surface area contributed by atoms with Gasteiger partial charge in [0.25, 0.3) is 0 Å². The van der Waals surface area contributed by atoms with E-state index in [1.807, 2.05) is 46.2 Å². The molecule has 3 fully saturated rings. The number of rotatable bonds is 7. The van der Waals surface area contributed by atoms with Gasteiger partial charge in [0.2, 0.25) is 11.8 Å². The molecule has 0 radical (unpaired) electrons. The highest BCUT2D eigenvalue weighted by molar-refractivity contribution is 5.87. The molecule has 1 aliphatic heterocycles. The normalized spacial score (nSPS) is 18.6. The van der Waals surface area contributed by atoms with Crippen LogP contribution in [0.3, 0.4) is 0 Å². The predicted octanol–water partition coefficient (Wildman–Crippen LogP) is 2.59. The molecule has 1 aromatic carbocycles. The van der Waals surface area contributed by atoms with Crippen molar-refractivity contribution in [2.75, 3.05) is 44.7 Å². The highest BCUT2D eigenvalue weighted by atomic mass is 16.5. The number of nitrogens with zero attached hydrogens (tertiary/aromatic N) is 5. The van der Waals surface area contributed by atoms with Gasteiger partial charge in [-0.1, -0.05) is 12.1 Å². The second-order valence-electron chi connectivity index (χ2n) is 9.20. The summed E-state index contributed by atoms with van der Waals surface area (Å²) in [5.41, 5.74) is 1.76. The molecule has 2 amide bonds. The van der Waals surface area contributed by atoms with Gasteiger partial charge in [0, 0.05) is 43.7 Å². The van der Waals surface area contributed by atoms with Crippen molar-refractivity contribution in [3.63, 3.8) is 0 Å². The second kappa shape index (κ2) is 9.37. The van der Waals surface area contributed by atoms with Crippen molar-refractivity contribution in [3.8, 4) is 17.0 Å². The molecular formula is C25H31N5O3. The topological polar surface area (TPSA) is 78.9 Å². The van der Waals surface area contributed by atoms with Crippen LogP contribution >= 0.6 is 0 Å². The molecule has 8 heteroatoms. The Morgan fingerprint density at radius 1 is 1.03 bits per heavy atom. The minimum absolute atomic E-state index is 0.0669. The van der Waals surface area contributed by atoms with Gasteiger partial charge in [-0.15, -0.1) is 10.2 Å². The number of anilines is 1. The largest absolute Gasteiger partial charge is 0.497 e. The highest BCUT2D eigenvalue weighted by Gasteiger charge is 2.41. The third-order valence-corrected chi connectivity index (χ3v) is 6.69. The maximum atomic E-state index is 13.0. The number of ether oxygens (including phenoxy) is 1. The molecule has 2 saturated carbocycles. The molecule has 5 rings (SSSR count). The summed E-state index contributed by atoms with van der Waals surface area (Å²) in [5, 5.41) is 8.87. The molecule has 0 spiro atoms. The van der Waals surface area contributed by atoms with Crippen molar-refractivity contribution in [2.45, 2.75) is 38.1 Å². The molecule has 1 saturated heterocycles. The number of hydrogen-bond donors (Lipinski definition) is 0. The van der Waals surface area contributed by atoms with E-state index in [9.17, 15) is 9.59 Å². The lowest BCUT2D eigenvalue weighted by molar-refractivity contribution is -0.141. The van der Waals surface area contributed by atoms with Crippen LogP contribution in [-0.4, -0.2) is 77.7 Å². The van der Waals surface area contributed by atoms with Crippen molar-refractivity contribution in [1.82, 2.24) is 20.0 Å². The van der Waals surface area contributed by atoms with E-state index >= 15 is 0 Å². The molecule has 0 bridgehead atoms. The summed E-state index contributed by atoms with van der Waals surface area (Å²) in [4.78, 5) is 31.6. The van der Waals surface area contributed by atoms with Crippen LogP contribution in [-0.2, 0) is 9.59 Å². The van der Waals surface area contributed by atoms with Gasteiger partial charge in [0.15, 0.2) is 5.82 Å². The number of methoxy groups -OCH3 is 1. The molecule has 2 heterocycles. The zero-order valence-electron chi connectivity index (χ0n) is 19.2. The molecule has 8 nitrogen and oxygen atoms in total. The Bertz CT molecular complexity index is 1000. The van der Waals surface area contributed by atoms with Crippen LogP contribution in [0.25, 0.3) is 11.3 Å². The monoisotopic (exact) mass is 449 g/mol. The van der Waals surface area contributed by atoms with E-state index in [0.717, 1.165) is 61.5 Å². The van der Waals surface area contributed by atoms with E-state index in [4.69, 9.17) is 4.74 Å². The Morgan fingerprint density at radius 2 is 1.88 bits per heavy atom. The van der Waals surface area contributed by atoms with Gasteiger partial charge >= 0.3 is 0 Å². The van der Waals surface area contributed by atoms with E-state index in [-0.39, 0.29) is 30.3 Å². The molecule has 0 unspecified atom stereocenters. The van der Waals surface area contributed by atoms with Gasteiger partial charge in [0.1, 0.15) is 12.3 Å². The maximum Gasteiger partial charge on any atom is 0.242 e. The zero-order valence-corrected chi connectivity index (χ0v) is 19.2. The Labute approximate surface area is 194 Å². The van der Waals surface area contributed by atoms with E-state index in [0.29, 0.717) is 19.6 Å². The van der Waals surface area contributed by atoms with Crippen LogP contribution in [0.1, 0.15) is 32.1 Å². The summed E-state index contributed by atoms with van der Waals surface area (Å²) in [6, 6.07) is 12.0. The molecular weight excluding hydrogens is 418 g/mol. The van der Waals surface area contributed by atoms with Crippen molar-refractivity contribution in [1.29, 1.82) is 0 Å². The summed E-state index contributed by atoms with van der Waals surface area (Å²) in [7, 11) is 1.65. The molecule has 1 aromatic heterocycles. The SMILES string of the molecule is COc1cccc(-c2ccc(N3CCCN(C(=O)CN(C(=O)C4CC4)C4CC4)CC3)nn2)c1. The smallest absolute Gasteiger partial charge is 0.242 e. The number of benzene rings is 1. The Morgan fingerprint density at radius 3 is 2.58 bits per heavy atom. The van der Waals surface area contributed by atoms with Gasteiger partial charge in [-0.3, -0.25) is 9.59 Å². The van der Waals surface area contributed by atoms with Crippen LogP contribution in [0.2, 0.25) is 0 Å². The van der Waals surface area contributed by atoms with Gasteiger partial charge in [0.05, 0.1) is 12.8 Å². The Kier molecular flexibility index (Phi) is 6.15. The van der Waals surface area contributed by atoms with Crippen molar-refractivity contribution in [2.24, 2.45) is 5.92 Å². The number of amides is 2. The van der Waals surface area contributed by atoms with Crippen molar-refractivity contribution < 1.29 is 14.3 Å². The average Bonchev–Trinajstić information content (AvgIpc) is 3.74. The molecule has 2 aromatic rings. The van der Waals surface area contributed by atoms with E-state index in [1.54, 1.807) is 7.11 Å². The minimum Gasteiger partial charge on any atom is -0.497 e. The lowest BCUT2D eigenvalue weighted by Gasteiger charge is -2.27. The van der Waals surface area contributed by atoms with Gasteiger partial charge in [-0.25, -0.2) is 0 Å². The first-order chi connectivity index (χ1) is 16.1. The van der Waals surface area contributed by atoms with Gasteiger partial charge < -0.3 is 19.4 Å². The standard InChI is InChI=1S/C25H31N5O3/c1-33-21-5-2-4-19(16-21)22-10-11-23(27-26-22)28-12-3-13-29(15-14-28)24(31)17-30(20-8-9-20)25(32)18-6-7-18/h2,4-5,10-11,16,18,20H,3,6-9,12-15,17H2,1H3. The summed E-state index contributed by atoms with van der Waals surface area (Å²) >= 11 is 0. The fourth-order valence-electron chi connectivity index (χ4n) is 4.41. The Balaban J connectivity index is 1.19. The third kappa shape index (κ3) is 5.10. The van der Waals surface area contributed by atoms with Crippen LogP contribution in [0.4, 0.5) is 5.82 Å². The van der Waals surface area contributed by atoms with E-state index < -0.39 is 0 Å². The zero-order chi connectivity index (χ0) is 22.8. The highest BCUT2D eigenvalue weighted by Crippen LogP contribution is 2.36. The molecule has 2 aliphatic carbocycles. The average molecular weight is 450 g/mol. The summed E-state index contributed by atoms with van der Waals surface area (Å²) in [6.45, 7) is 3.10. The minimum atomic E-state index is 0.0669. The lowest BCUT2D eigenvalue weighted by atomic mass is 10.1. The van der Waals surface area contributed by atoms with E-state index in [1.165, 1.54) is 0 Å². The molecule has 3 aliphatic rings. The van der Waals surface area contributed by atoms with Crippen LogP contribution < -0.4 is 9.64 Å². The maximum absolute atomic E-state index is 13.0. The van der Waals surface area contributed by atoms with Gasteiger partial charge in [-0.2, -0.15) is 0 Å². The summed E-state index contributed by atoms with van der Waals surface area (Å²) < 4.78 is 5.30. The molecule has 0 N–H and O–H groups in total. The molecule has 174 valence electrons. The first-order valence-electron chi connectivity index (χ1n) is 11.9.